The number of aliphatic imine (C=N–C) groups is 1. The Morgan fingerprint density at radius 3 is 2.31 bits per heavy atom. The fourth-order valence-electron chi connectivity index (χ4n) is 2.14. The summed E-state index contributed by atoms with van der Waals surface area (Å²) >= 11 is 0. The number of guanidine groups is 1. The highest BCUT2D eigenvalue weighted by Crippen LogP contribution is 2.07. The largest absolute Gasteiger partial charge is 0.380 e. The van der Waals surface area contributed by atoms with E-state index < -0.39 is 0 Å². The van der Waals surface area contributed by atoms with Crippen LogP contribution in [0.15, 0.2) is 29.3 Å². The van der Waals surface area contributed by atoms with Crippen molar-refractivity contribution in [2.75, 3.05) is 32.9 Å². The first-order chi connectivity index (χ1) is 12.2. The fraction of sp³-hybridized carbons (Fsp3) is 0.650. The number of hydrogen-bond donors (Lipinski definition) is 2. The standard InChI is InChI=1S/C20H35N3O2.HI/c1-5-21-20(22-12-14-25-13-11-17(3)4)23-15-18-7-9-19(10-8-18)16-24-6-2;/h7-10,17H,5-6,11-16H2,1-4H3,(H2,21,22,23);1H. The molecule has 0 aliphatic heterocycles. The second kappa shape index (κ2) is 16.3. The molecule has 0 aromatic heterocycles. The molecule has 150 valence electrons. The van der Waals surface area contributed by atoms with Gasteiger partial charge in [0.15, 0.2) is 5.96 Å². The second-order valence-corrected chi connectivity index (χ2v) is 6.37. The van der Waals surface area contributed by atoms with E-state index in [4.69, 9.17) is 9.47 Å². The van der Waals surface area contributed by atoms with Crippen molar-refractivity contribution in [1.82, 2.24) is 10.6 Å². The molecule has 1 rings (SSSR count). The summed E-state index contributed by atoms with van der Waals surface area (Å²) in [5.41, 5.74) is 2.38. The molecule has 0 atom stereocenters. The first-order valence-electron chi connectivity index (χ1n) is 9.41. The van der Waals surface area contributed by atoms with Gasteiger partial charge < -0.3 is 20.1 Å². The minimum Gasteiger partial charge on any atom is -0.380 e. The van der Waals surface area contributed by atoms with Gasteiger partial charge in [-0.05, 0) is 37.3 Å². The van der Waals surface area contributed by atoms with Gasteiger partial charge in [-0.25, -0.2) is 4.99 Å². The van der Waals surface area contributed by atoms with Crippen LogP contribution in [0.3, 0.4) is 0 Å². The Bertz CT molecular complexity index is 478. The van der Waals surface area contributed by atoms with Gasteiger partial charge >= 0.3 is 0 Å². The molecule has 26 heavy (non-hydrogen) atoms. The van der Waals surface area contributed by atoms with Crippen LogP contribution in [0.25, 0.3) is 0 Å². The Hall–Kier alpha value is -0.860. The molecule has 0 aliphatic rings. The first-order valence-corrected chi connectivity index (χ1v) is 9.41. The lowest BCUT2D eigenvalue weighted by atomic mass is 10.1. The lowest BCUT2D eigenvalue weighted by Crippen LogP contribution is -2.39. The zero-order valence-corrected chi connectivity index (χ0v) is 19.0. The van der Waals surface area contributed by atoms with Crippen molar-refractivity contribution in [3.63, 3.8) is 0 Å². The third-order valence-corrected chi connectivity index (χ3v) is 3.64. The number of hydrogen-bond acceptors (Lipinski definition) is 3. The molecule has 0 heterocycles. The topological polar surface area (TPSA) is 54.9 Å². The fourth-order valence-corrected chi connectivity index (χ4v) is 2.14. The van der Waals surface area contributed by atoms with Crippen LogP contribution in [0.2, 0.25) is 0 Å². The summed E-state index contributed by atoms with van der Waals surface area (Å²) in [5.74, 6) is 1.51. The molecule has 0 unspecified atom stereocenters. The van der Waals surface area contributed by atoms with Gasteiger partial charge in [-0.3, -0.25) is 0 Å². The number of rotatable bonds is 12. The highest BCUT2D eigenvalue weighted by atomic mass is 127. The Balaban J connectivity index is 0.00000625. The summed E-state index contributed by atoms with van der Waals surface area (Å²) in [5, 5.41) is 6.58. The molecule has 0 saturated heterocycles. The van der Waals surface area contributed by atoms with Crippen LogP contribution in [0, 0.1) is 5.92 Å². The third kappa shape index (κ3) is 12.5. The van der Waals surface area contributed by atoms with Gasteiger partial charge in [-0.2, -0.15) is 0 Å². The maximum Gasteiger partial charge on any atom is 0.191 e. The number of nitrogens with zero attached hydrogens (tertiary/aromatic N) is 1. The highest BCUT2D eigenvalue weighted by molar-refractivity contribution is 14.0. The van der Waals surface area contributed by atoms with E-state index in [1.807, 2.05) is 6.92 Å². The minimum absolute atomic E-state index is 0. The molecule has 0 saturated carbocycles. The summed E-state index contributed by atoms with van der Waals surface area (Å²) < 4.78 is 11.0. The first kappa shape index (κ1) is 25.1. The molecule has 0 amide bonds. The van der Waals surface area contributed by atoms with E-state index in [1.54, 1.807) is 0 Å². The molecule has 6 heteroatoms. The summed E-state index contributed by atoms with van der Waals surface area (Å²) in [7, 11) is 0. The number of benzene rings is 1. The van der Waals surface area contributed by atoms with Crippen molar-refractivity contribution in [3.8, 4) is 0 Å². The Morgan fingerprint density at radius 2 is 1.69 bits per heavy atom. The van der Waals surface area contributed by atoms with Crippen LogP contribution in [0.4, 0.5) is 0 Å². The van der Waals surface area contributed by atoms with Crippen LogP contribution in [-0.2, 0) is 22.6 Å². The summed E-state index contributed by atoms with van der Waals surface area (Å²) in [6, 6.07) is 8.42. The SMILES string of the molecule is CCNC(=NCc1ccc(COCC)cc1)NCCOCCC(C)C.I. The van der Waals surface area contributed by atoms with Crippen molar-refractivity contribution >= 4 is 29.9 Å². The molecular formula is C20H36IN3O2. The lowest BCUT2D eigenvalue weighted by Gasteiger charge is -2.12. The molecule has 0 bridgehead atoms. The Morgan fingerprint density at radius 1 is 1.00 bits per heavy atom. The lowest BCUT2D eigenvalue weighted by molar-refractivity contribution is 0.128. The molecule has 2 N–H and O–H groups in total. The highest BCUT2D eigenvalue weighted by Gasteiger charge is 1.99. The Kier molecular flexibility index (Phi) is 15.8. The summed E-state index contributed by atoms with van der Waals surface area (Å²) in [4.78, 5) is 4.63. The molecule has 0 aliphatic carbocycles. The average Bonchev–Trinajstić information content (AvgIpc) is 2.61. The molecule has 0 radical (unpaired) electrons. The van der Waals surface area contributed by atoms with E-state index in [1.165, 1.54) is 11.1 Å². The van der Waals surface area contributed by atoms with Crippen LogP contribution in [-0.4, -0.2) is 38.9 Å². The van der Waals surface area contributed by atoms with Crippen LogP contribution < -0.4 is 10.6 Å². The molecule has 1 aromatic rings. The maximum absolute atomic E-state index is 5.62. The normalized spacial score (nSPS) is 11.3. The number of ether oxygens (including phenoxy) is 2. The predicted octanol–water partition coefficient (Wildman–Crippen LogP) is 3.96. The monoisotopic (exact) mass is 477 g/mol. The van der Waals surface area contributed by atoms with Gasteiger partial charge in [0.05, 0.1) is 19.8 Å². The summed E-state index contributed by atoms with van der Waals surface area (Å²) in [6.07, 6.45) is 1.10. The smallest absolute Gasteiger partial charge is 0.191 e. The van der Waals surface area contributed by atoms with Gasteiger partial charge in [-0.15, -0.1) is 24.0 Å². The van der Waals surface area contributed by atoms with Crippen molar-refractivity contribution < 1.29 is 9.47 Å². The summed E-state index contributed by atoms with van der Waals surface area (Å²) in [6.45, 7) is 13.7. The van der Waals surface area contributed by atoms with Crippen LogP contribution in [0.5, 0.6) is 0 Å². The molecule has 1 aromatic carbocycles. The van der Waals surface area contributed by atoms with Gasteiger partial charge in [0.25, 0.3) is 0 Å². The van der Waals surface area contributed by atoms with Gasteiger partial charge in [-0.1, -0.05) is 38.1 Å². The molecule has 0 spiro atoms. The Labute approximate surface area is 176 Å². The average molecular weight is 477 g/mol. The zero-order valence-electron chi connectivity index (χ0n) is 16.7. The zero-order chi connectivity index (χ0) is 18.3. The quantitative estimate of drug-likeness (QED) is 0.207. The maximum atomic E-state index is 5.62. The van der Waals surface area contributed by atoms with E-state index in [9.17, 15) is 0 Å². The van der Waals surface area contributed by atoms with Gasteiger partial charge in [0, 0.05) is 26.3 Å². The predicted molar refractivity (Wildman–Crippen MR) is 120 cm³/mol. The third-order valence-electron chi connectivity index (χ3n) is 3.64. The molecular weight excluding hydrogens is 441 g/mol. The van der Waals surface area contributed by atoms with Crippen molar-refractivity contribution in [1.29, 1.82) is 0 Å². The van der Waals surface area contributed by atoms with E-state index in [2.05, 4.69) is 60.7 Å². The van der Waals surface area contributed by atoms with Crippen LogP contribution >= 0.6 is 24.0 Å². The van der Waals surface area contributed by atoms with Crippen LogP contribution in [0.1, 0.15) is 45.2 Å². The minimum atomic E-state index is 0. The van der Waals surface area contributed by atoms with Gasteiger partial charge in [0.2, 0.25) is 0 Å². The van der Waals surface area contributed by atoms with Crippen molar-refractivity contribution in [2.45, 2.75) is 47.3 Å². The molecule has 0 fully saturated rings. The van der Waals surface area contributed by atoms with Crippen molar-refractivity contribution in [3.05, 3.63) is 35.4 Å². The molecule has 5 nitrogen and oxygen atoms in total. The van der Waals surface area contributed by atoms with Gasteiger partial charge in [0.1, 0.15) is 0 Å². The van der Waals surface area contributed by atoms with Crippen molar-refractivity contribution in [2.24, 2.45) is 10.9 Å². The van der Waals surface area contributed by atoms with E-state index in [-0.39, 0.29) is 24.0 Å². The second-order valence-electron chi connectivity index (χ2n) is 6.37. The van der Waals surface area contributed by atoms with E-state index >= 15 is 0 Å². The number of nitrogens with one attached hydrogen (secondary N) is 2. The van der Waals surface area contributed by atoms with E-state index in [0.717, 1.165) is 38.7 Å². The number of halogens is 1. The van der Waals surface area contributed by atoms with E-state index in [0.29, 0.717) is 25.7 Å².